The number of para-hydroxylation sites is 6. The molecule has 110 heavy (non-hydrogen) atoms. The maximum absolute atomic E-state index is 2.40. The summed E-state index contributed by atoms with van der Waals surface area (Å²) in [6.45, 7) is 36.0. The van der Waals surface area contributed by atoms with Gasteiger partial charge in [0.15, 0.2) is 0 Å². The monoisotopic (exact) mass is 1440 g/mol. The molecule has 21 rings (SSSR count). The molecule has 0 saturated heterocycles. The number of rotatable bonds is 0. The maximum Gasteiger partial charge on any atom is 0.0620 e. The standard InChI is InChI=1S/2C18H11N.2C14H10.2C10H8.C6H6.9C2H6/c2*1-3-10-16-12(6-1)14-8-5-9-15-13-7-2-4-11-17(13)19(16)18(14)15;2*1-2-6-12-10-14-8-4-3-7-13(14)9-11(12)5-1;2*1-2-6-10-8-4-3-7-9(10)5-1;1-2-4-6-5-3-1;9*1-2/h2*1-11H;2*1-10H;2*1-8H;1-6H;9*1-2H3. The Morgan fingerprint density at radius 1 is 0.118 bits per heavy atom. The zero-order valence-corrected chi connectivity index (χ0v) is 68.8. The van der Waals surface area contributed by atoms with Crippen LogP contribution in [-0.2, 0) is 0 Å². The van der Waals surface area contributed by atoms with Gasteiger partial charge < -0.3 is 8.80 Å². The Morgan fingerprint density at radius 3 is 0.409 bits per heavy atom. The van der Waals surface area contributed by atoms with Gasteiger partial charge in [-0.2, -0.15) is 0 Å². The van der Waals surface area contributed by atoms with Gasteiger partial charge in [0, 0.05) is 43.1 Å². The van der Waals surface area contributed by atoms with E-state index in [-0.39, 0.29) is 0 Å². The van der Waals surface area contributed by atoms with Crippen LogP contribution < -0.4 is 0 Å². The van der Waals surface area contributed by atoms with Crippen molar-refractivity contribution in [1.82, 2.24) is 8.80 Å². The quantitative estimate of drug-likeness (QED) is 0.134. The van der Waals surface area contributed by atoms with Crippen LogP contribution in [0, 0.1) is 0 Å². The van der Waals surface area contributed by atoms with Crippen molar-refractivity contribution >= 4 is 141 Å². The summed E-state index contributed by atoms with van der Waals surface area (Å²) in [5.41, 5.74) is 7.91. The zero-order chi connectivity index (χ0) is 79.4. The van der Waals surface area contributed by atoms with Gasteiger partial charge in [0.1, 0.15) is 0 Å². The third-order valence-electron chi connectivity index (χ3n) is 17.5. The van der Waals surface area contributed by atoms with Crippen LogP contribution in [0.2, 0.25) is 0 Å². The van der Waals surface area contributed by atoms with Crippen LogP contribution in [0.4, 0.5) is 0 Å². The van der Waals surface area contributed by atoms with Crippen molar-refractivity contribution in [3.05, 3.63) is 388 Å². The molecule has 560 valence electrons. The van der Waals surface area contributed by atoms with Crippen LogP contribution in [0.3, 0.4) is 0 Å². The first-order valence-electron chi connectivity index (χ1n) is 40.6. The molecule has 0 aliphatic rings. The maximum atomic E-state index is 2.40. The van der Waals surface area contributed by atoms with Crippen molar-refractivity contribution in [2.75, 3.05) is 0 Å². The van der Waals surface area contributed by atoms with E-state index in [1.165, 1.54) is 141 Å². The molecular formula is C108H118N2. The first-order chi connectivity index (χ1) is 54.7. The average Bonchev–Trinajstić information content (AvgIpc) is 1.56. The van der Waals surface area contributed by atoms with Crippen LogP contribution in [0.1, 0.15) is 125 Å². The highest BCUT2D eigenvalue weighted by atomic mass is 14.9. The van der Waals surface area contributed by atoms with Crippen LogP contribution in [0.15, 0.2) is 388 Å². The number of nitrogens with zero attached hydrogens (tertiary/aromatic N) is 2. The van der Waals surface area contributed by atoms with Crippen LogP contribution in [0.5, 0.6) is 0 Å². The van der Waals surface area contributed by atoms with Crippen molar-refractivity contribution < 1.29 is 0 Å². The molecule has 2 heteroatoms. The van der Waals surface area contributed by atoms with Gasteiger partial charge in [-0.1, -0.05) is 464 Å². The summed E-state index contributed by atoms with van der Waals surface area (Å²) in [5, 5.41) is 26.5. The third-order valence-corrected chi connectivity index (χ3v) is 17.5. The summed E-state index contributed by atoms with van der Waals surface area (Å²) in [4.78, 5) is 0. The molecule has 4 aromatic heterocycles. The van der Waals surface area contributed by atoms with Crippen molar-refractivity contribution in [3.63, 3.8) is 0 Å². The van der Waals surface area contributed by atoms with Gasteiger partial charge >= 0.3 is 0 Å². The predicted molar refractivity (Wildman–Crippen MR) is 502 cm³/mol. The topological polar surface area (TPSA) is 8.82 Å². The highest BCUT2D eigenvalue weighted by molar-refractivity contribution is 6.24. The van der Waals surface area contributed by atoms with E-state index in [0.29, 0.717) is 0 Å². The molecule has 17 aromatic carbocycles. The molecule has 0 aliphatic carbocycles. The average molecular weight is 1440 g/mol. The molecule has 0 saturated carbocycles. The number of aromatic nitrogens is 2. The van der Waals surface area contributed by atoms with E-state index in [0.717, 1.165) is 0 Å². The summed E-state index contributed by atoms with van der Waals surface area (Å²) >= 11 is 0. The number of hydrogen-bond acceptors (Lipinski definition) is 0. The predicted octanol–water partition coefficient (Wildman–Crippen LogP) is 34.3. The first-order valence-corrected chi connectivity index (χ1v) is 40.6. The van der Waals surface area contributed by atoms with Gasteiger partial charge in [-0.05, 0) is 113 Å². The molecule has 0 unspecified atom stereocenters. The second kappa shape index (κ2) is 48.3. The fourth-order valence-corrected chi connectivity index (χ4v) is 13.2. The summed E-state index contributed by atoms with van der Waals surface area (Å²) in [6.07, 6.45) is 0. The van der Waals surface area contributed by atoms with E-state index in [1.807, 2.05) is 161 Å². The molecule has 0 spiro atoms. The summed E-state index contributed by atoms with van der Waals surface area (Å²) < 4.78 is 4.80. The van der Waals surface area contributed by atoms with E-state index in [9.17, 15) is 0 Å². The lowest BCUT2D eigenvalue weighted by atomic mass is 10.0. The molecular weight excluding hydrogens is 1330 g/mol. The highest BCUT2D eigenvalue weighted by Crippen LogP contribution is 2.40. The number of benzene rings is 17. The molecule has 2 nitrogen and oxygen atoms in total. The van der Waals surface area contributed by atoms with Gasteiger partial charge in [0.05, 0.1) is 33.1 Å². The third kappa shape index (κ3) is 21.2. The van der Waals surface area contributed by atoms with Gasteiger partial charge in [-0.3, -0.25) is 0 Å². The molecule has 0 amide bonds. The molecule has 4 heterocycles. The van der Waals surface area contributed by atoms with E-state index in [2.05, 4.69) is 361 Å². The Bertz CT molecular complexity index is 5150. The van der Waals surface area contributed by atoms with Gasteiger partial charge in [-0.25, -0.2) is 0 Å². The lowest BCUT2D eigenvalue weighted by Crippen LogP contribution is -1.78. The van der Waals surface area contributed by atoms with Crippen molar-refractivity contribution in [2.45, 2.75) is 125 Å². The van der Waals surface area contributed by atoms with E-state index >= 15 is 0 Å². The van der Waals surface area contributed by atoms with E-state index in [4.69, 9.17) is 0 Å². The van der Waals surface area contributed by atoms with Crippen molar-refractivity contribution in [3.8, 4) is 0 Å². The van der Waals surface area contributed by atoms with E-state index in [1.54, 1.807) is 0 Å². The van der Waals surface area contributed by atoms with Gasteiger partial charge in [0.2, 0.25) is 0 Å². The lowest BCUT2D eigenvalue weighted by Gasteiger charge is -2.00. The first kappa shape index (κ1) is 86.8. The van der Waals surface area contributed by atoms with Crippen LogP contribution in [-0.4, -0.2) is 8.80 Å². The highest BCUT2D eigenvalue weighted by Gasteiger charge is 2.17. The molecule has 21 aromatic rings. The smallest absolute Gasteiger partial charge is 0.0620 e. The molecule has 0 fully saturated rings. The Kier molecular flexibility index (Phi) is 38.1. The summed E-state index contributed by atoms with van der Waals surface area (Å²) in [7, 11) is 0. The minimum absolute atomic E-state index is 1.30. The molecule has 0 radical (unpaired) electrons. The Labute approximate surface area is 658 Å². The van der Waals surface area contributed by atoms with E-state index < -0.39 is 0 Å². The van der Waals surface area contributed by atoms with Crippen molar-refractivity contribution in [2.24, 2.45) is 0 Å². The summed E-state index contributed by atoms with van der Waals surface area (Å²) in [5.74, 6) is 0. The minimum Gasteiger partial charge on any atom is -0.308 e. The molecule has 0 aliphatic heterocycles. The number of hydrogen-bond donors (Lipinski definition) is 0. The molecule has 0 atom stereocenters. The summed E-state index contributed by atoms with van der Waals surface area (Å²) in [6, 6.07) is 136. The Morgan fingerprint density at radius 2 is 0.245 bits per heavy atom. The zero-order valence-electron chi connectivity index (χ0n) is 68.8. The second-order valence-corrected chi connectivity index (χ2v) is 23.1. The normalized spacial score (nSPS) is 9.73. The minimum atomic E-state index is 1.30. The van der Waals surface area contributed by atoms with Crippen LogP contribution in [0.25, 0.3) is 141 Å². The second-order valence-electron chi connectivity index (χ2n) is 23.1. The Balaban J connectivity index is 0.000000197. The van der Waals surface area contributed by atoms with Gasteiger partial charge in [-0.15, -0.1) is 0 Å². The fraction of sp³-hybridized carbons (Fsp3) is 0.167. The SMILES string of the molecule is CC.CC.CC.CC.CC.CC.CC.CC.CC.c1ccc2c(c1)c1cccc3c4ccccc4n2c13.c1ccc2c(c1)c1cccc3c4ccccc4n2c13.c1ccc2cc3ccccc3cc2c1.c1ccc2cc3ccccc3cc2c1.c1ccc2ccccc2c1.c1ccc2ccccc2c1.c1ccccc1. The molecule has 0 N–H and O–H groups in total. The van der Waals surface area contributed by atoms with Gasteiger partial charge in [0.25, 0.3) is 0 Å². The van der Waals surface area contributed by atoms with Crippen molar-refractivity contribution in [1.29, 1.82) is 0 Å². The Hall–Kier alpha value is -12.1. The largest absolute Gasteiger partial charge is 0.308 e. The van der Waals surface area contributed by atoms with Crippen LogP contribution >= 0.6 is 0 Å². The molecule has 0 bridgehead atoms. The fourth-order valence-electron chi connectivity index (χ4n) is 13.2. The lowest BCUT2D eigenvalue weighted by molar-refractivity contribution is 1.37. The number of fused-ring (bicyclic) bond motifs is 18.